The molecule has 0 aromatic heterocycles. The summed E-state index contributed by atoms with van der Waals surface area (Å²) in [5, 5.41) is 0.290. The molecule has 2 aromatic rings. The average Bonchev–Trinajstić information content (AvgIpc) is 2.81. The van der Waals surface area contributed by atoms with Crippen molar-refractivity contribution < 1.29 is 4.39 Å². The standard InChI is InChI=1S/C16H17FN2S/c1-10-6-12(8-13(17)7-10)16(19-18)15-9-11-4-2-3-5-14(11)20-15/h2-8,15-16,19H,9,18H2,1H3. The van der Waals surface area contributed by atoms with Gasteiger partial charge in [0.2, 0.25) is 0 Å². The van der Waals surface area contributed by atoms with E-state index in [1.165, 1.54) is 16.5 Å². The molecule has 2 aromatic carbocycles. The van der Waals surface area contributed by atoms with E-state index in [9.17, 15) is 4.39 Å². The molecule has 0 bridgehead atoms. The van der Waals surface area contributed by atoms with Gasteiger partial charge >= 0.3 is 0 Å². The van der Waals surface area contributed by atoms with Crippen molar-refractivity contribution in [3.63, 3.8) is 0 Å². The maximum atomic E-state index is 13.6. The van der Waals surface area contributed by atoms with Crippen molar-refractivity contribution >= 4 is 11.8 Å². The number of hydrogen-bond acceptors (Lipinski definition) is 3. The Morgan fingerprint density at radius 1 is 1.30 bits per heavy atom. The number of hydrazine groups is 1. The van der Waals surface area contributed by atoms with Crippen LogP contribution in [0.1, 0.15) is 22.7 Å². The van der Waals surface area contributed by atoms with Crippen molar-refractivity contribution in [2.75, 3.05) is 0 Å². The third kappa shape index (κ3) is 2.59. The van der Waals surface area contributed by atoms with Crippen molar-refractivity contribution in [3.8, 4) is 0 Å². The van der Waals surface area contributed by atoms with Crippen molar-refractivity contribution in [2.45, 2.75) is 29.5 Å². The van der Waals surface area contributed by atoms with E-state index >= 15 is 0 Å². The van der Waals surface area contributed by atoms with Gasteiger partial charge in [-0.3, -0.25) is 11.3 Å². The molecule has 2 nitrogen and oxygen atoms in total. The third-order valence-electron chi connectivity index (χ3n) is 3.65. The lowest BCUT2D eigenvalue weighted by molar-refractivity contribution is 0.527. The number of nitrogens with two attached hydrogens (primary N) is 1. The second kappa shape index (κ2) is 5.56. The van der Waals surface area contributed by atoms with E-state index < -0.39 is 0 Å². The summed E-state index contributed by atoms with van der Waals surface area (Å²) in [6, 6.07) is 13.4. The van der Waals surface area contributed by atoms with Gasteiger partial charge in [-0.15, -0.1) is 11.8 Å². The van der Waals surface area contributed by atoms with Gasteiger partial charge < -0.3 is 0 Å². The van der Waals surface area contributed by atoms with E-state index in [1.807, 2.05) is 30.8 Å². The van der Waals surface area contributed by atoms with Crippen LogP contribution in [0.25, 0.3) is 0 Å². The van der Waals surface area contributed by atoms with Gasteiger partial charge in [-0.05, 0) is 48.2 Å². The molecule has 0 amide bonds. The van der Waals surface area contributed by atoms with Gasteiger partial charge in [0.15, 0.2) is 0 Å². The fourth-order valence-corrected chi connectivity index (χ4v) is 4.18. The molecule has 0 saturated heterocycles. The quantitative estimate of drug-likeness (QED) is 0.672. The Kier molecular flexibility index (Phi) is 3.78. The minimum Gasteiger partial charge on any atom is -0.271 e. The molecular formula is C16H17FN2S. The molecule has 3 N–H and O–H groups in total. The van der Waals surface area contributed by atoms with Gasteiger partial charge in [0.1, 0.15) is 5.82 Å². The molecule has 4 heteroatoms. The highest BCUT2D eigenvalue weighted by Gasteiger charge is 2.30. The minimum atomic E-state index is -0.208. The third-order valence-corrected chi connectivity index (χ3v) is 5.04. The molecular weight excluding hydrogens is 271 g/mol. The van der Waals surface area contributed by atoms with Crippen LogP contribution in [0, 0.1) is 12.7 Å². The highest BCUT2D eigenvalue weighted by atomic mass is 32.2. The van der Waals surface area contributed by atoms with Crippen LogP contribution in [0.2, 0.25) is 0 Å². The maximum absolute atomic E-state index is 13.6. The van der Waals surface area contributed by atoms with Crippen LogP contribution in [-0.4, -0.2) is 5.25 Å². The highest BCUT2D eigenvalue weighted by Crippen LogP contribution is 2.42. The normalized spacial score (nSPS) is 18.9. The Morgan fingerprint density at radius 2 is 2.10 bits per heavy atom. The molecule has 1 heterocycles. The number of aryl methyl sites for hydroxylation is 1. The summed E-state index contributed by atoms with van der Waals surface area (Å²) in [6.07, 6.45) is 0.950. The number of hydrogen-bond donors (Lipinski definition) is 2. The van der Waals surface area contributed by atoms with Gasteiger partial charge in [-0.1, -0.05) is 24.3 Å². The summed E-state index contributed by atoms with van der Waals surface area (Å²) in [5.74, 6) is 5.53. The molecule has 0 fully saturated rings. The Bertz CT molecular complexity index is 584. The first kappa shape index (κ1) is 13.6. The molecule has 20 heavy (non-hydrogen) atoms. The predicted octanol–water partition coefficient (Wildman–Crippen LogP) is 3.36. The van der Waals surface area contributed by atoms with E-state index in [0.29, 0.717) is 5.25 Å². The topological polar surface area (TPSA) is 38.0 Å². The van der Waals surface area contributed by atoms with Crippen LogP contribution in [0.5, 0.6) is 0 Å². The summed E-state index contributed by atoms with van der Waals surface area (Å²) < 4.78 is 13.6. The van der Waals surface area contributed by atoms with Crippen LogP contribution in [-0.2, 0) is 6.42 Å². The fraction of sp³-hybridized carbons (Fsp3) is 0.250. The van der Waals surface area contributed by atoms with Crippen molar-refractivity contribution in [1.82, 2.24) is 5.43 Å². The number of fused-ring (bicyclic) bond motifs is 1. The molecule has 2 atom stereocenters. The molecule has 0 radical (unpaired) electrons. The fourth-order valence-electron chi connectivity index (χ4n) is 2.76. The van der Waals surface area contributed by atoms with Crippen LogP contribution >= 0.6 is 11.8 Å². The summed E-state index contributed by atoms with van der Waals surface area (Å²) >= 11 is 1.81. The van der Waals surface area contributed by atoms with Crippen LogP contribution in [0.4, 0.5) is 4.39 Å². The summed E-state index contributed by atoms with van der Waals surface area (Å²) in [5.41, 5.74) is 6.04. The van der Waals surface area contributed by atoms with Crippen LogP contribution in [0.3, 0.4) is 0 Å². The second-order valence-corrected chi connectivity index (χ2v) is 6.46. The number of benzene rings is 2. The zero-order valence-corrected chi connectivity index (χ0v) is 12.1. The molecule has 1 aliphatic heterocycles. The molecule has 0 aliphatic carbocycles. The van der Waals surface area contributed by atoms with Gasteiger partial charge in [0.25, 0.3) is 0 Å². The van der Waals surface area contributed by atoms with Gasteiger partial charge in [-0.25, -0.2) is 4.39 Å². The number of nitrogens with one attached hydrogen (secondary N) is 1. The van der Waals surface area contributed by atoms with Crippen molar-refractivity contribution in [3.05, 3.63) is 65.0 Å². The predicted molar refractivity (Wildman–Crippen MR) is 81.0 cm³/mol. The van der Waals surface area contributed by atoms with Crippen molar-refractivity contribution in [2.24, 2.45) is 5.84 Å². The minimum absolute atomic E-state index is 0.0539. The number of rotatable bonds is 3. The summed E-state index contributed by atoms with van der Waals surface area (Å²) in [7, 11) is 0. The Hall–Kier alpha value is -1.36. The second-order valence-electron chi connectivity index (χ2n) is 5.17. The maximum Gasteiger partial charge on any atom is 0.123 e. The smallest absolute Gasteiger partial charge is 0.123 e. The lowest BCUT2D eigenvalue weighted by Gasteiger charge is -2.22. The van der Waals surface area contributed by atoms with E-state index in [0.717, 1.165) is 17.5 Å². The Balaban J connectivity index is 1.88. The lowest BCUT2D eigenvalue weighted by atomic mass is 9.98. The first-order valence-corrected chi connectivity index (χ1v) is 7.53. The van der Waals surface area contributed by atoms with E-state index in [-0.39, 0.29) is 11.9 Å². The molecule has 1 aliphatic rings. The van der Waals surface area contributed by atoms with E-state index in [4.69, 9.17) is 5.84 Å². The van der Waals surface area contributed by atoms with E-state index in [2.05, 4.69) is 23.6 Å². The largest absolute Gasteiger partial charge is 0.271 e. The van der Waals surface area contributed by atoms with Gasteiger partial charge in [0, 0.05) is 10.1 Å². The van der Waals surface area contributed by atoms with E-state index in [1.54, 1.807) is 6.07 Å². The molecule has 104 valence electrons. The molecule has 2 unspecified atom stereocenters. The zero-order chi connectivity index (χ0) is 14.1. The lowest BCUT2D eigenvalue weighted by Crippen LogP contribution is -2.35. The monoisotopic (exact) mass is 288 g/mol. The van der Waals surface area contributed by atoms with Crippen molar-refractivity contribution in [1.29, 1.82) is 0 Å². The van der Waals surface area contributed by atoms with Crippen LogP contribution in [0.15, 0.2) is 47.4 Å². The molecule has 3 rings (SSSR count). The zero-order valence-electron chi connectivity index (χ0n) is 11.3. The van der Waals surface area contributed by atoms with Crippen LogP contribution < -0.4 is 11.3 Å². The summed E-state index contributed by atoms with van der Waals surface area (Å²) in [6.45, 7) is 1.90. The Morgan fingerprint density at radius 3 is 2.80 bits per heavy atom. The molecule has 0 spiro atoms. The average molecular weight is 288 g/mol. The van der Waals surface area contributed by atoms with Gasteiger partial charge in [0.05, 0.1) is 6.04 Å². The highest BCUT2D eigenvalue weighted by molar-refractivity contribution is 8.00. The number of thioether (sulfide) groups is 1. The SMILES string of the molecule is Cc1cc(F)cc(C(NN)C2Cc3ccccc3S2)c1. The van der Waals surface area contributed by atoms with Gasteiger partial charge in [-0.2, -0.15) is 0 Å². The first-order valence-electron chi connectivity index (χ1n) is 6.65. The first-order chi connectivity index (χ1) is 9.67. The summed E-state index contributed by atoms with van der Waals surface area (Å²) in [4.78, 5) is 1.30. The Labute approximate surface area is 122 Å². The molecule has 0 saturated carbocycles. The number of halogens is 1.